The van der Waals surface area contributed by atoms with Gasteiger partial charge in [0.05, 0.1) is 13.2 Å². The van der Waals surface area contributed by atoms with Crippen LogP contribution in [0.4, 0.5) is 0 Å². The first-order valence-corrected chi connectivity index (χ1v) is 7.97. The summed E-state index contributed by atoms with van der Waals surface area (Å²) in [6.07, 6.45) is 3.96. The van der Waals surface area contributed by atoms with Crippen molar-refractivity contribution >= 4 is 0 Å². The lowest BCUT2D eigenvalue weighted by molar-refractivity contribution is -0.0554. The lowest BCUT2D eigenvalue weighted by atomic mass is 9.67. The first-order valence-electron chi connectivity index (χ1n) is 7.97. The van der Waals surface area contributed by atoms with E-state index in [9.17, 15) is 0 Å². The van der Waals surface area contributed by atoms with Gasteiger partial charge in [-0.3, -0.25) is 4.90 Å². The third-order valence-electron chi connectivity index (χ3n) is 5.33. The fraction of sp³-hybridized carbons (Fsp3) is 1.00. The molecule has 2 rings (SSSR count). The van der Waals surface area contributed by atoms with Gasteiger partial charge in [0, 0.05) is 18.6 Å². The van der Waals surface area contributed by atoms with E-state index in [4.69, 9.17) is 10.5 Å². The molecule has 0 amide bonds. The highest BCUT2D eigenvalue weighted by molar-refractivity contribution is 4.93. The molecule has 1 saturated heterocycles. The average molecular weight is 268 g/mol. The summed E-state index contributed by atoms with van der Waals surface area (Å²) in [6, 6.07) is 1.22. The molecule has 3 nitrogen and oxygen atoms in total. The van der Waals surface area contributed by atoms with E-state index >= 15 is 0 Å². The van der Waals surface area contributed by atoms with Crippen molar-refractivity contribution in [3.8, 4) is 0 Å². The van der Waals surface area contributed by atoms with Crippen LogP contribution >= 0.6 is 0 Å². The zero-order valence-corrected chi connectivity index (χ0v) is 13.2. The third-order valence-corrected chi connectivity index (χ3v) is 5.33. The maximum absolute atomic E-state index is 6.04. The number of morpholine rings is 1. The molecule has 2 fully saturated rings. The fourth-order valence-electron chi connectivity index (χ4n) is 3.91. The van der Waals surface area contributed by atoms with Gasteiger partial charge in [-0.2, -0.15) is 0 Å². The molecule has 0 aromatic heterocycles. The van der Waals surface area contributed by atoms with Gasteiger partial charge in [-0.25, -0.2) is 0 Å². The Kier molecular flexibility index (Phi) is 4.91. The van der Waals surface area contributed by atoms with E-state index in [1.54, 1.807) is 0 Å². The van der Waals surface area contributed by atoms with E-state index < -0.39 is 0 Å². The zero-order valence-electron chi connectivity index (χ0n) is 13.2. The van der Waals surface area contributed by atoms with Crippen molar-refractivity contribution in [3.05, 3.63) is 0 Å². The summed E-state index contributed by atoms with van der Waals surface area (Å²) in [6.45, 7) is 13.2. The second-order valence-corrected chi connectivity index (χ2v) is 7.60. The van der Waals surface area contributed by atoms with Gasteiger partial charge in [-0.1, -0.05) is 20.8 Å². The average Bonchev–Trinajstić information content (AvgIpc) is 2.37. The topological polar surface area (TPSA) is 38.5 Å². The van der Waals surface area contributed by atoms with Gasteiger partial charge < -0.3 is 10.5 Å². The van der Waals surface area contributed by atoms with Crippen LogP contribution in [0.15, 0.2) is 0 Å². The smallest absolute Gasteiger partial charge is 0.0619 e. The molecule has 112 valence electrons. The highest BCUT2D eigenvalue weighted by Gasteiger charge is 2.39. The summed E-state index contributed by atoms with van der Waals surface area (Å²) in [4.78, 5) is 2.68. The van der Waals surface area contributed by atoms with E-state index in [1.165, 1.54) is 19.3 Å². The number of hydrogen-bond acceptors (Lipinski definition) is 3. The highest BCUT2D eigenvalue weighted by Crippen LogP contribution is 2.42. The Morgan fingerprint density at radius 2 is 2.00 bits per heavy atom. The second kappa shape index (κ2) is 6.11. The molecule has 4 atom stereocenters. The summed E-state index contributed by atoms with van der Waals surface area (Å²) in [5, 5.41) is 0. The van der Waals surface area contributed by atoms with Gasteiger partial charge in [0.2, 0.25) is 0 Å². The molecule has 19 heavy (non-hydrogen) atoms. The van der Waals surface area contributed by atoms with E-state index in [0.29, 0.717) is 23.4 Å². The van der Waals surface area contributed by atoms with Gasteiger partial charge >= 0.3 is 0 Å². The van der Waals surface area contributed by atoms with Gasteiger partial charge in [-0.05, 0) is 50.0 Å². The van der Waals surface area contributed by atoms with E-state index in [0.717, 1.165) is 32.2 Å². The van der Waals surface area contributed by atoms with E-state index in [-0.39, 0.29) is 0 Å². The van der Waals surface area contributed by atoms with E-state index in [2.05, 4.69) is 32.6 Å². The van der Waals surface area contributed by atoms with Gasteiger partial charge in [0.1, 0.15) is 0 Å². The minimum absolute atomic E-state index is 0.424. The summed E-state index contributed by atoms with van der Waals surface area (Å²) in [7, 11) is 0. The summed E-state index contributed by atoms with van der Waals surface area (Å²) in [5.74, 6) is 1.51. The van der Waals surface area contributed by atoms with Crippen LogP contribution in [0.2, 0.25) is 0 Å². The monoisotopic (exact) mass is 268 g/mol. The molecule has 0 spiro atoms. The van der Waals surface area contributed by atoms with Crippen LogP contribution < -0.4 is 5.73 Å². The predicted molar refractivity (Wildman–Crippen MR) is 80.1 cm³/mol. The first-order chi connectivity index (χ1) is 8.93. The molecule has 1 aliphatic carbocycles. The van der Waals surface area contributed by atoms with Crippen LogP contribution in [-0.2, 0) is 4.74 Å². The quantitative estimate of drug-likeness (QED) is 0.836. The SMILES string of the molecule is CC1COCCN1C1CC(C(C)(C)C)CCC1CN. The fourth-order valence-corrected chi connectivity index (χ4v) is 3.91. The zero-order chi connectivity index (χ0) is 14.0. The number of ether oxygens (including phenoxy) is 1. The van der Waals surface area contributed by atoms with Crippen molar-refractivity contribution < 1.29 is 4.74 Å². The largest absolute Gasteiger partial charge is 0.379 e. The Balaban J connectivity index is 2.09. The molecule has 0 bridgehead atoms. The van der Waals surface area contributed by atoms with Crippen molar-refractivity contribution in [3.63, 3.8) is 0 Å². The van der Waals surface area contributed by atoms with Gasteiger partial charge in [0.25, 0.3) is 0 Å². The van der Waals surface area contributed by atoms with Crippen LogP contribution in [0.25, 0.3) is 0 Å². The minimum atomic E-state index is 0.424. The molecule has 1 heterocycles. The summed E-state index contributed by atoms with van der Waals surface area (Å²) >= 11 is 0. The van der Waals surface area contributed by atoms with Crippen LogP contribution in [0.1, 0.15) is 47.0 Å². The molecule has 0 aromatic carbocycles. The lowest BCUT2D eigenvalue weighted by Gasteiger charge is -2.49. The van der Waals surface area contributed by atoms with Crippen LogP contribution in [-0.4, -0.2) is 43.3 Å². The second-order valence-electron chi connectivity index (χ2n) is 7.60. The Bertz CT molecular complexity index is 287. The maximum Gasteiger partial charge on any atom is 0.0619 e. The molecule has 4 unspecified atom stereocenters. The normalized spacial score (nSPS) is 38.4. The third kappa shape index (κ3) is 3.50. The van der Waals surface area contributed by atoms with Crippen LogP contribution in [0.5, 0.6) is 0 Å². The highest BCUT2D eigenvalue weighted by atomic mass is 16.5. The predicted octanol–water partition coefficient (Wildman–Crippen LogP) is 2.50. The lowest BCUT2D eigenvalue weighted by Crippen LogP contribution is -2.55. The molecule has 1 aliphatic heterocycles. The Morgan fingerprint density at radius 3 is 2.58 bits per heavy atom. The van der Waals surface area contributed by atoms with Gasteiger partial charge in [0.15, 0.2) is 0 Å². The number of nitrogens with two attached hydrogens (primary N) is 1. The van der Waals surface area contributed by atoms with Crippen molar-refractivity contribution in [1.29, 1.82) is 0 Å². The van der Waals surface area contributed by atoms with Crippen molar-refractivity contribution in [1.82, 2.24) is 4.90 Å². The maximum atomic E-state index is 6.04. The molecule has 2 N–H and O–H groups in total. The Hall–Kier alpha value is -0.120. The number of rotatable bonds is 2. The van der Waals surface area contributed by atoms with Crippen LogP contribution in [0, 0.1) is 17.3 Å². The van der Waals surface area contributed by atoms with Crippen molar-refractivity contribution in [2.24, 2.45) is 23.0 Å². The van der Waals surface area contributed by atoms with Crippen LogP contribution in [0.3, 0.4) is 0 Å². The molecular weight excluding hydrogens is 236 g/mol. The molecule has 3 heteroatoms. The minimum Gasteiger partial charge on any atom is -0.379 e. The number of nitrogens with zero attached hydrogens (tertiary/aromatic N) is 1. The molecular formula is C16H32N2O. The Morgan fingerprint density at radius 1 is 1.26 bits per heavy atom. The first kappa shape index (κ1) is 15.3. The molecule has 2 aliphatic rings. The van der Waals surface area contributed by atoms with Gasteiger partial charge in [-0.15, -0.1) is 0 Å². The van der Waals surface area contributed by atoms with Crippen molar-refractivity contribution in [2.75, 3.05) is 26.3 Å². The summed E-state index contributed by atoms with van der Waals surface area (Å²) in [5.41, 5.74) is 6.47. The van der Waals surface area contributed by atoms with Crippen molar-refractivity contribution in [2.45, 2.75) is 59.0 Å². The molecule has 0 aromatic rings. The summed E-state index contributed by atoms with van der Waals surface area (Å²) < 4.78 is 5.59. The number of hydrogen-bond donors (Lipinski definition) is 1. The molecule has 0 radical (unpaired) electrons. The van der Waals surface area contributed by atoms with E-state index in [1.807, 2.05) is 0 Å². The molecule has 1 saturated carbocycles. The standard InChI is InChI=1S/C16H32N2O/c1-12-11-19-8-7-18(12)15-9-14(16(2,3)4)6-5-13(15)10-17/h12-15H,5-11,17H2,1-4H3. The Labute approximate surface area is 118 Å².